The SMILES string of the molecule is CC(C)(C)OC(=O)N1C(C(=O)c2cc(C(F)(F)F)cc(C(F)(F)F)c2)CCC1c1cc(C(F)(F)F)ccc1Cl. The Hall–Kier alpha value is -2.96. The van der Waals surface area contributed by atoms with E-state index in [4.69, 9.17) is 16.3 Å². The third-order valence-corrected chi connectivity index (χ3v) is 6.19. The van der Waals surface area contributed by atoms with Crippen LogP contribution in [-0.4, -0.2) is 28.4 Å². The third kappa shape index (κ3) is 6.98. The Morgan fingerprint density at radius 1 is 0.795 bits per heavy atom. The Morgan fingerprint density at radius 3 is 1.77 bits per heavy atom. The van der Waals surface area contributed by atoms with E-state index in [2.05, 4.69) is 0 Å². The van der Waals surface area contributed by atoms with Crippen LogP contribution in [0.5, 0.6) is 0 Å². The van der Waals surface area contributed by atoms with Gasteiger partial charge < -0.3 is 4.74 Å². The minimum absolute atomic E-state index is 0.151. The van der Waals surface area contributed by atoms with Gasteiger partial charge in [0.15, 0.2) is 5.78 Å². The van der Waals surface area contributed by atoms with Crippen LogP contribution >= 0.6 is 11.6 Å². The molecule has 0 bridgehead atoms. The van der Waals surface area contributed by atoms with Gasteiger partial charge in [0.25, 0.3) is 0 Å². The number of ether oxygens (including phenoxy) is 1. The minimum Gasteiger partial charge on any atom is -0.444 e. The number of benzene rings is 2. The van der Waals surface area contributed by atoms with Gasteiger partial charge in [-0.2, -0.15) is 39.5 Å². The van der Waals surface area contributed by atoms with Crippen LogP contribution in [0.4, 0.5) is 44.3 Å². The molecule has 0 aromatic heterocycles. The molecule has 14 heteroatoms. The zero-order chi connectivity index (χ0) is 29.7. The minimum atomic E-state index is -5.23. The first kappa shape index (κ1) is 30.6. The summed E-state index contributed by atoms with van der Waals surface area (Å²) >= 11 is 6.13. The van der Waals surface area contributed by atoms with Crippen LogP contribution in [-0.2, 0) is 23.3 Å². The van der Waals surface area contributed by atoms with Crippen molar-refractivity contribution in [2.24, 2.45) is 0 Å². The van der Waals surface area contributed by atoms with E-state index in [9.17, 15) is 49.1 Å². The summed E-state index contributed by atoms with van der Waals surface area (Å²) in [6.07, 6.45) is -16.9. The summed E-state index contributed by atoms with van der Waals surface area (Å²) in [4.78, 5) is 27.3. The van der Waals surface area contributed by atoms with Gasteiger partial charge in [-0.05, 0) is 75.6 Å². The highest BCUT2D eigenvalue weighted by atomic mass is 35.5. The second kappa shape index (κ2) is 10.2. The second-order valence-corrected chi connectivity index (χ2v) is 10.3. The van der Waals surface area contributed by atoms with Crippen molar-refractivity contribution in [1.82, 2.24) is 4.90 Å². The Balaban J connectivity index is 2.14. The van der Waals surface area contributed by atoms with Crippen molar-refractivity contribution in [1.29, 1.82) is 0 Å². The maximum Gasteiger partial charge on any atom is 0.416 e. The first-order valence-corrected chi connectivity index (χ1v) is 11.7. The summed E-state index contributed by atoms with van der Waals surface area (Å²) in [5.41, 5.74) is -6.96. The molecule has 1 heterocycles. The number of Topliss-reactive ketones (excluding diaryl/α,β-unsaturated/α-hetero) is 1. The van der Waals surface area contributed by atoms with Crippen LogP contribution in [0, 0.1) is 0 Å². The number of rotatable bonds is 3. The quantitative estimate of drug-likeness (QED) is 0.266. The predicted molar refractivity (Wildman–Crippen MR) is 121 cm³/mol. The zero-order valence-electron chi connectivity index (χ0n) is 20.5. The number of halogens is 10. The predicted octanol–water partition coefficient (Wildman–Crippen LogP) is 8.72. The van der Waals surface area contributed by atoms with E-state index in [1.54, 1.807) is 0 Å². The molecule has 0 saturated carbocycles. The molecule has 0 radical (unpaired) electrons. The van der Waals surface area contributed by atoms with Gasteiger partial charge in [0.2, 0.25) is 0 Å². The number of ketones is 1. The van der Waals surface area contributed by atoms with Crippen molar-refractivity contribution >= 4 is 23.5 Å². The molecule has 1 saturated heterocycles. The fraction of sp³-hybridized carbons (Fsp3) is 0.440. The lowest BCUT2D eigenvalue weighted by molar-refractivity contribution is -0.143. The number of carbonyl (C=O) groups is 2. The molecular formula is C25H21ClF9NO3. The lowest BCUT2D eigenvalue weighted by Crippen LogP contribution is -2.44. The van der Waals surface area contributed by atoms with Gasteiger partial charge in [-0.1, -0.05) is 11.6 Å². The van der Waals surface area contributed by atoms with Crippen LogP contribution in [0.3, 0.4) is 0 Å². The molecule has 2 aromatic rings. The highest BCUT2D eigenvalue weighted by Crippen LogP contribution is 2.44. The van der Waals surface area contributed by atoms with Crippen LogP contribution in [0.1, 0.15) is 72.3 Å². The standard InChI is InChI=1S/C25H21ClF9NO3/c1-22(2,3)39-21(38)36-18(16-11-13(23(27,28)29)4-5-17(16)26)6-7-19(36)20(37)12-8-14(24(30,31)32)10-15(9-12)25(33,34)35/h4-5,8-11,18-19H,6-7H2,1-3H3. The topological polar surface area (TPSA) is 46.6 Å². The number of alkyl halides is 9. The smallest absolute Gasteiger partial charge is 0.416 e. The molecule has 39 heavy (non-hydrogen) atoms. The van der Waals surface area contributed by atoms with Gasteiger partial charge in [-0.3, -0.25) is 9.69 Å². The largest absolute Gasteiger partial charge is 0.444 e. The second-order valence-electron chi connectivity index (χ2n) is 9.89. The van der Waals surface area contributed by atoms with E-state index in [1.165, 1.54) is 20.8 Å². The van der Waals surface area contributed by atoms with Crippen LogP contribution in [0.25, 0.3) is 0 Å². The Morgan fingerprint density at radius 2 is 1.31 bits per heavy atom. The number of hydrogen-bond donors (Lipinski definition) is 0. The fourth-order valence-electron chi connectivity index (χ4n) is 4.21. The number of hydrogen-bond acceptors (Lipinski definition) is 3. The molecule has 0 aliphatic carbocycles. The van der Waals surface area contributed by atoms with Crippen molar-refractivity contribution < 1.29 is 53.8 Å². The van der Waals surface area contributed by atoms with Crippen molar-refractivity contribution in [2.75, 3.05) is 0 Å². The number of amides is 1. The number of likely N-dealkylation sites (tertiary alicyclic amines) is 1. The third-order valence-electron chi connectivity index (χ3n) is 5.85. The molecule has 4 nitrogen and oxygen atoms in total. The van der Waals surface area contributed by atoms with Gasteiger partial charge in [0, 0.05) is 10.6 Å². The van der Waals surface area contributed by atoms with Crippen molar-refractivity contribution in [2.45, 2.75) is 69.8 Å². The summed E-state index contributed by atoms with van der Waals surface area (Å²) in [5.74, 6) is -1.27. The maximum absolute atomic E-state index is 13.4. The average Bonchev–Trinajstić information content (AvgIpc) is 3.20. The maximum atomic E-state index is 13.4. The van der Waals surface area contributed by atoms with E-state index in [1.807, 2.05) is 0 Å². The molecule has 0 N–H and O–H groups in total. The molecule has 1 aliphatic rings. The molecule has 2 aromatic carbocycles. The average molecular weight is 590 g/mol. The molecule has 1 aliphatic heterocycles. The van der Waals surface area contributed by atoms with E-state index in [-0.39, 0.29) is 41.6 Å². The van der Waals surface area contributed by atoms with Crippen LogP contribution in [0.2, 0.25) is 5.02 Å². The molecular weight excluding hydrogens is 569 g/mol. The summed E-state index contributed by atoms with van der Waals surface area (Å²) < 4.78 is 126. The molecule has 214 valence electrons. The van der Waals surface area contributed by atoms with E-state index < -0.39 is 70.3 Å². The lowest BCUT2D eigenvalue weighted by Gasteiger charge is -2.33. The number of nitrogens with zero attached hydrogens (tertiary/aromatic N) is 1. The molecule has 1 amide bonds. The fourth-order valence-corrected chi connectivity index (χ4v) is 4.45. The highest BCUT2D eigenvalue weighted by molar-refractivity contribution is 6.31. The molecule has 0 spiro atoms. The Bertz CT molecular complexity index is 1230. The number of carbonyl (C=O) groups excluding carboxylic acids is 2. The zero-order valence-corrected chi connectivity index (χ0v) is 21.2. The molecule has 2 atom stereocenters. The molecule has 1 fully saturated rings. The van der Waals surface area contributed by atoms with E-state index in [0.29, 0.717) is 12.1 Å². The van der Waals surface area contributed by atoms with Gasteiger partial charge in [0.05, 0.1) is 28.8 Å². The van der Waals surface area contributed by atoms with Gasteiger partial charge in [-0.15, -0.1) is 0 Å². The van der Waals surface area contributed by atoms with Crippen molar-refractivity contribution in [3.05, 3.63) is 69.2 Å². The first-order valence-electron chi connectivity index (χ1n) is 11.3. The first-order chi connectivity index (χ1) is 17.6. The summed E-state index contributed by atoms with van der Waals surface area (Å²) in [7, 11) is 0. The van der Waals surface area contributed by atoms with Gasteiger partial charge in [-0.25, -0.2) is 4.79 Å². The Kier molecular flexibility index (Phi) is 8.01. The van der Waals surface area contributed by atoms with Gasteiger partial charge in [0.1, 0.15) is 5.60 Å². The highest BCUT2D eigenvalue weighted by Gasteiger charge is 2.46. The van der Waals surface area contributed by atoms with E-state index in [0.717, 1.165) is 11.0 Å². The normalized spacial score (nSPS) is 18.8. The molecule has 2 unspecified atom stereocenters. The van der Waals surface area contributed by atoms with Crippen LogP contribution in [0.15, 0.2) is 36.4 Å². The summed E-state index contributed by atoms with van der Waals surface area (Å²) in [6, 6.07) is -0.333. The molecule has 3 rings (SSSR count). The summed E-state index contributed by atoms with van der Waals surface area (Å²) in [6.45, 7) is 4.35. The summed E-state index contributed by atoms with van der Waals surface area (Å²) in [5, 5.41) is -0.201. The lowest BCUT2D eigenvalue weighted by atomic mass is 9.97. The monoisotopic (exact) mass is 589 g/mol. The van der Waals surface area contributed by atoms with Crippen molar-refractivity contribution in [3.63, 3.8) is 0 Å². The van der Waals surface area contributed by atoms with E-state index >= 15 is 0 Å². The van der Waals surface area contributed by atoms with Crippen molar-refractivity contribution in [3.8, 4) is 0 Å². The van der Waals surface area contributed by atoms with Crippen LogP contribution < -0.4 is 0 Å². The van der Waals surface area contributed by atoms with Gasteiger partial charge >= 0.3 is 24.6 Å². The Labute approximate surface area is 221 Å².